The van der Waals surface area contributed by atoms with Crippen molar-refractivity contribution < 1.29 is 23.5 Å². The van der Waals surface area contributed by atoms with Crippen LogP contribution in [0, 0.1) is 25.5 Å². The number of carbonyl (C=O) groups is 2. The molecule has 0 aliphatic carbocycles. The average Bonchev–Trinajstić information content (AvgIpc) is 3.33. The van der Waals surface area contributed by atoms with Crippen LogP contribution in [0.1, 0.15) is 28.3 Å². The molecular formula is C26H18F2N2O3S. The summed E-state index contributed by atoms with van der Waals surface area (Å²) >= 11 is 1.24. The summed E-state index contributed by atoms with van der Waals surface area (Å²) in [6.45, 7) is 3.86. The quantitative estimate of drug-likeness (QED) is 0.230. The fourth-order valence-corrected chi connectivity index (χ4v) is 5.42. The van der Waals surface area contributed by atoms with Crippen LogP contribution in [0.3, 0.4) is 0 Å². The zero-order valence-corrected chi connectivity index (χ0v) is 19.0. The molecule has 1 fully saturated rings. The smallest absolute Gasteiger partial charge is 0.301 e. The summed E-state index contributed by atoms with van der Waals surface area (Å²) in [4.78, 5) is 32.2. The molecule has 4 aromatic rings. The number of aryl methyl sites for hydroxylation is 2. The minimum atomic E-state index is -1.11. The van der Waals surface area contributed by atoms with E-state index in [2.05, 4.69) is 4.98 Å². The second-order valence-electron chi connectivity index (χ2n) is 8.16. The van der Waals surface area contributed by atoms with Crippen molar-refractivity contribution in [2.75, 3.05) is 4.90 Å². The number of aliphatic hydroxyl groups excluding tert-OH is 1. The molecule has 1 aromatic heterocycles. The normalized spacial score (nSPS) is 17.6. The fourth-order valence-electron chi connectivity index (χ4n) is 4.25. The highest BCUT2D eigenvalue weighted by molar-refractivity contribution is 7.22. The van der Waals surface area contributed by atoms with Gasteiger partial charge in [0.25, 0.3) is 5.78 Å². The number of ketones is 1. The largest absolute Gasteiger partial charge is 0.507 e. The molecule has 8 heteroatoms. The molecule has 0 saturated carbocycles. The number of benzene rings is 3. The van der Waals surface area contributed by atoms with Gasteiger partial charge < -0.3 is 5.11 Å². The van der Waals surface area contributed by atoms with Crippen LogP contribution in [-0.2, 0) is 9.59 Å². The van der Waals surface area contributed by atoms with E-state index in [0.29, 0.717) is 11.1 Å². The van der Waals surface area contributed by atoms with E-state index in [0.717, 1.165) is 28.0 Å². The second-order valence-corrected chi connectivity index (χ2v) is 9.17. The summed E-state index contributed by atoms with van der Waals surface area (Å²) < 4.78 is 28.4. The minimum Gasteiger partial charge on any atom is -0.507 e. The Bertz CT molecular complexity index is 1510. The van der Waals surface area contributed by atoms with Gasteiger partial charge in [-0.3, -0.25) is 14.5 Å². The molecule has 2 heterocycles. The Hall–Kier alpha value is -3.91. The van der Waals surface area contributed by atoms with Gasteiger partial charge in [0.1, 0.15) is 17.4 Å². The van der Waals surface area contributed by atoms with Crippen LogP contribution in [0.25, 0.3) is 16.0 Å². The van der Waals surface area contributed by atoms with Crippen molar-refractivity contribution in [3.8, 4) is 0 Å². The number of carbonyl (C=O) groups excluding carboxylic acids is 2. The fraction of sp³-hybridized carbons (Fsp3) is 0.115. The van der Waals surface area contributed by atoms with Gasteiger partial charge in [0, 0.05) is 5.56 Å². The lowest BCUT2D eigenvalue weighted by molar-refractivity contribution is -0.132. The zero-order chi connectivity index (χ0) is 24.1. The lowest BCUT2D eigenvalue weighted by atomic mass is 9.95. The summed E-state index contributed by atoms with van der Waals surface area (Å²) in [5, 5.41) is 11.3. The van der Waals surface area contributed by atoms with E-state index < -0.39 is 35.1 Å². The lowest BCUT2D eigenvalue weighted by Crippen LogP contribution is -2.29. The molecule has 0 bridgehead atoms. The molecule has 170 valence electrons. The maximum atomic E-state index is 14.2. The van der Waals surface area contributed by atoms with Gasteiger partial charge in [0.05, 0.1) is 21.8 Å². The van der Waals surface area contributed by atoms with Gasteiger partial charge in [-0.15, -0.1) is 0 Å². The Labute approximate surface area is 197 Å². The number of thiazole rings is 1. The van der Waals surface area contributed by atoms with Gasteiger partial charge in [-0.25, -0.2) is 13.8 Å². The Morgan fingerprint density at radius 1 is 1.00 bits per heavy atom. The summed E-state index contributed by atoms with van der Waals surface area (Å²) in [6.07, 6.45) is 0. The number of Topliss-reactive ketones (excluding diaryl/α,β-unsaturated/α-hetero) is 1. The molecule has 0 spiro atoms. The second kappa shape index (κ2) is 8.14. The standard InChI is InChI=1S/C26H18F2N2O3S/c1-13-10-14(2)21-19(11-13)34-26(29-21)30-22(16-4-3-5-18(28)12-16)20(24(32)25(30)33)23(31)15-6-8-17(27)9-7-15/h3-12,22,31H,1-2H3. The lowest BCUT2D eigenvalue weighted by Gasteiger charge is -2.23. The van der Waals surface area contributed by atoms with E-state index in [1.54, 1.807) is 6.07 Å². The summed E-state index contributed by atoms with van der Waals surface area (Å²) in [5.41, 5.74) is 2.90. The highest BCUT2D eigenvalue weighted by Gasteiger charge is 2.48. The van der Waals surface area contributed by atoms with Gasteiger partial charge in [0.15, 0.2) is 5.13 Å². The maximum absolute atomic E-state index is 14.2. The van der Waals surface area contributed by atoms with Crippen LogP contribution in [0.5, 0.6) is 0 Å². The number of aliphatic hydroxyl groups is 1. The van der Waals surface area contributed by atoms with E-state index in [9.17, 15) is 23.5 Å². The molecule has 1 unspecified atom stereocenters. The zero-order valence-electron chi connectivity index (χ0n) is 18.2. The number of hydrogen-bond donors (Lipinski definition) is 1. The van der Waals surface area contributed by atoms with Gasteiger partial charge in [0.2, 0.25) is 0 Å². The number of fused-ring (bicyclic) bond motifs is 1. The molecule has 1 atom stereocenters. The molecule has 5 nitrogen and oxygen atoms in total. The van der Waals surface area contributed by atoms with Crippen molar-refractivity contribution >= 4 is 44.1 Å². The third kappa shape index (κ3) is 3.56. The van der Waals surface area contributed by atoms with E-state index in [1.807, 2.05) is 26.0 Å². The predicted octanol–water partition coefficient (Wildman–Crippen LogP) is 5.82. The van der Waals surface area contributed by atoms with Crippen LogP contribution in [0.4, 0.5) is 13.9 Å². The van der Waals surface area contributed by atoms with Gasteiger partial charge in [-0.1, -0.05) is 29.5 Å². The van der Waals surface area contributed by atoms with E-state index in [1.165, 1.54) is 46.6 Å². The number of nitrogens with zero attached hydrogens (tertiary/aromatic N) is 2. The number of rotatable bonds is 3. The third-order valence-corrected chi connectivity index (χ3v) is 6.75. The van der Waals surface area contributed by atoms with Gasteiger partial charge in [-0.05, 0) is 73.0 Å². The highest BCUT2D eigenvalue weighted by atomic mass is 32.1. The highest BCUT2D eigenvalue weighted by Crippen LogP contribution is 2.44. The van der Waals surface area contributed by atoms with Crippen LogP contribution in [-0.4, -0.2) is 21.8 Å². The molecule has 1 amide bonds. The number of anilines is 1. The topological polar surface area (TPSA) is 70.5 Å². The van der Waals surface area contributed by atoms with Crippen molar-refractivity contribution in [3.05, 3.63) is 100 Å². The first-order valence-corrected chi connectivity index (χ1v) is 11.3. The predicted molar refractivity (Wildman–Crippen MR) is 127 cm³/mol. The number of hydrogen-bond acceptors (Lipinski definition) is 5. The molecule has 1 aliphatic rings. The monoisotopic (exact) mass is 476 g/mol. The molecule has 1 saturated heterocycles. The van der Waals surface area contributed by atoms with Crippen LogP contribution in [0.15, 0.2) is 66.2 Å². The first-order chi connectivity index (χ1) is 16.2. The van der Waals surface area contributed by atoms with Gasteiger partial charge >= 0.3 is 5.91 Å². The van der Waals surface area contributed by atoms with E-state index >= 15 is 0 Å². The van der Waals surface area contributed by atoms with E-state index in [4.69, 9.17) is 0 Å². The minimum absolute atomic E-state index is 0.163. The van der Waals surface area contributed by atoms with Crippen LogP contribution in [0.2, 0.25) is 0 Å². The van der Waals surface area contributed by atoms with Crippen molar-refractivity contribution in [3.63, 3.8) is 0 Å². The molecule has 1 N–H and O–H groups in total. The SMILES string of the molecule is Cc1cc(C)c2nc(N3C(=O)C(=O)C(=C(O)c4ccc(F)cc4)C3c3cccc(F)c3)sc2c1. The Morgan fingerprint density at radius 3 is 2.44 bits per heavy atom. The Kier molecular flexibility index (Phi) is 5.25. The summed E-state index contributed by atoms with van der Waals surface area (Å²) in [7, 11) is 0. The van der Waals surface area contributed by atoms with Crippen LogP contribution < -0.4 is 4.90 Å². The molecule has 34 heavy (non-hydrogen) atoms. The molecule has 1 aliphatic heterocycles. The Balaban J connectivity index is 1.75. The van der Waals surface area contributed by atoms with E-state index in [-0.39, 0.29) is 16.3 Å². The summed E-state index contributed by atoms with van der Waals surface area (Å²) in [6, 6.07) is 13.2. The van der Waals surface area contributed by atoms with Crippen molar-refractivity contribution in [2.45, 2.75) is 19.9 Å². The molecule has 3 aromatic carbocycles. The number of halogens is 2. The van der Waals surface area contributed by atoms with Crippen LogP contribution >= 0.6 is 11.3 Å². The first kappa shape index (κ1) is 21.9. The molecule has 0 radical (unpaired) electrons. The third-order valence-electron chi connectivity index (χ3n) is 5.75. The Morgan fingerprint density at radius 2 is 1.74 bits per heavy atom. The van der Waals surface area contributed by atoms with Crippen molar-refractivity contribution in [1.29, 1.82) is 0 Å². The number of aromatic nitrogens is 1. The van der Waals surface area contributed by atoms with Crippen molar-refractivity contribution in [1.82, 2.24) is 4.98 Å². The number of amides is 1. The van der Waals surface area contributed by atoms with Gasteiger partial charge in [-0.2, -0.15) is 0 Å². The maximum Gasteiger partial charge on any atom is 0.301 e. The summed E-state index contributed by atoms with van der Waals surface area (Å²) in [5.74, 6) is -3.35. The first-order valence-electron chi connectivity index (χ1n) is 10.4. The molecular weight excluding hydrogens is 458 g/mol. The van der Waals surface area contributed by atoms with Crippen molar-refractivity contribution in [2.24, 2.45) is 0 Å². The average molecular weight is 477 g/mol. The molecule has 5 rings (SSSR count).